The Morgan fingerprint density at radius 2 is 1.80 bits per heavy atom. The van der Waals surface area contributed by atoms with Crippen LogP contribution in [0.25, 0.3) is 0 Å². The second-order valence-electron chi connectivity index (χ2n) is 4.45. The number of rotatable bonds is 3. The van der Waals surface area contributed by atoms with Gasteiger partial charge in [0.25, 0.3) is 5.91 Å². The molecule has 0 aliphatic heterocycles. The lowest BCUT2D eigenvalue weighted by Crippen LogP contribution is -2.26. The molecule has 0 aliphatic carbocycles. The molecule has 0 fully saturated rings. The first-order chi connectivity index (χ1) is 9.47. The first-order valence-electron chi connectivity index (χ1n) is 6.05. The maximum Gasteiger partial charge on any atom is 0.255 e. The largest absolute Gasteiger partial charge is 0.508 e. The summed E-state index contributed by atoms with van der Waals surface area (Å²) in [5.74, 6) is -0.665. The molecule has 104 valence electrons. The van der Waals surface area contributed by atoms with Crippen LogP contribution in [-0.4, -0.2) is 16.1 Å². The van der Waals surface area contributed by atoms with Crippen molar-refractivity contribution in [2.24, 2.45) is 0 Å². The number of hydrogen-bond acceptors (Lipinski definition) is 3. The van der Waals surface area contributed by atoms with E-state index in [9.17, 15) is 15.0 Å². The Morgan fingerprint density at radius 3 is 2.45 bits per heavy atom. The molecule has 0 saturated heterocycles. The van der Waals surface area contributed by atoms with E-state index in [1.54, 1.807) is 0 Å². The summed E-state index contributed by atoms with van der Waals surface area (Å²) in [4.78, 5) is 12.1. The minimum absolute atomic E-state index is 0.0500. The fourth-order valence-corrected chi connectivity index (χ4v) is 2.08. The van der Waals surface area contributed by atoms with Gasteiger partial charge in [0.05, 0.1) is 11.6 Å². The van der Waals surface area contributed by atoms with Crippen LogP contribution in [0.5, 0.6) is 11.5 Å². The van der Waals surface area contributed by atoms with Gasteiger partial charge in [-0.05, 0) is 42.8 Å². The zero-order chi connectivity index (χ0) is 14.7. The maximum atomic E-state index is 12.1. The van der Waals surface area contributed by atoms with Crippen LogP contribution in [-0.2, 0) is 0 Å². The predicted octanol–water partition coefficient (Wildman–Crippen LogP) is 3.35. The second-order valence-corrected chi connectivity index (χ2v) is 5.36. The molecule has 5 heteroatoms. The van der Waals surface area contributed by atoms with Crippen LogP contribution in [0.15, 0.2) is 46.9 Å². The fourth-order valence-electron chi connectivity index (χ4n) is 1.82. The van der Waals surface area contributed by atoms with Crippen LogP contribution < -0.4 is 5.32 Å². The van der Waals surface area contributed by atoms with Crippen molar-refractivity contribution in [3.63, 3.8) is 0 Å². The summed E-state index contributed by atoms with van der Waals surface area (Å²) in [5, 5.41) is 21.8. The molecule has 0 spiro atoms. The molecule has 20 heavy (non-hydrogen) atoms. The number of nitrogens with one attached hydrogen (secondary N) is 1. The lowest BCUT2D eigenvalue weighted by Gasteiger charge is -2.15. The summed E-state index contributed by atoms with van der Waals surface area (Å²) in [5.41, 5.74) is 0.996. The molecule has 2 aromatic rings. The molecule has 2 rings (SSSR count). The summed E-state index contributed by atoms with van der Waals surface area (Å²) >= 11 is 3.35. The lowest BCUT2D eigenvalue weighted by molar-refractivity contribution is 0.0937. The molecular formula is C15H14BrNO3. The molecule has 4 nitrogen and oxygen atoms in total. The average Bonchev–Trinajstić information content (AvgIpc) is 2.42. The topological polar surface area (TPSA) is 69.6 Å². The van der Waals surface area contributed by atoms with Gasteiger partial charge in [0.2, 0.25) is 0 Å². The molecular weight excluding hydrogens is 322 g/mol. The van der Waals surface area contributed by atoms with Crippen molar-refractivity contribution in [1.29, 1.82) is 0 Å². The number of phenolic OH excluding ortho intramolecular Hbond substituents is 2. The standard InChI is InChI=1S/C15H14BrNO3/c1-9(10-2-4-11(16)5-3-10)17-15(20)13-8-12(18)6-7-14(13)19/h2-9,18-19H,1H3,(H,17,20). The van der Waals surface area contributed by atoms with Crippen LogP contribution in [0.4, 0.5) is 0 Å². The van der Waals surface area contributed by atoms with E-state index in [-0.39, 0.29) is 23.1 Å². The Bertz CT molecular complexity index is 626. The van der Waals surface area contributed by atoms with E-state index >= 15 is 0 Å². The number of phenols is 2. The minimum Gasteiger partial charge on any atom is -0.508 e. The number of aromatic hydroxyl groups is 2. The highest BCUT2D eigenvalue weighted by atomic mass is 79.9. The molecule has 0 aromatic heterocycles. The van der Waals surface area contributed by atoms with Gasteiger partial charge in [0.15, 0.2) is 0 Å². The number of carbonyl (C=O) groups excluding carboxylic acids is 1. The molecule has 0 saturated carbocycles. The van der Waals surface area contributed by atoms with Crippen molar-refractivity contribution in [1.82, 2.24) is 5.32 Å². The Hall–Kier alpha value is -2.01. The third-order valence-electron chi connectivity index (χ3n) is 2.94. The van der Waals surface area contributed by atoms with Crippen LogP contribution in [0, 0.1) is 0 Å². The van der Waals surface area contributed by atoms with E-state index in [4.69, 9.17) is 0 Å². The highest BCUT2D eigenvalue weighted by Crippen LogP contribution is 2.23. The van der Waals surface area contributed by atoms with Gasteiger partial charge in [-0.3, -0.25) is 4.79 Å². The highest BCUT2D eigenvalue weighted by molar-refractivity contribution is 9.10. The third kappa shape index (κ3) is 3.30. The Labute approximate surface area is 125 Å². The molecule has 0 heterocycles. The van der Waals surface area contributed by atoms with Crippen molar-refractivity contribution >= 4 is 21.8 Å². The summed E-state index contributed by atoms with van der Waals surface area (Å²) in [6, 6.07) is 11.2. The van der Waals surface area contributed by atoms with Crippen LogP contribution in [0.1, 0.15) is 28.9 Å². The SMILES string of the molecule is CC(NC(=O)c1cc(O)ccc1O)c1ccc(Br)cc1. The van der Waals surface area contributed by atoms with E-state index in [1.165, 1.54) is 18.2 Å². The average molecular weight is 336 g/mol. The van der Waals surface area contributed by atoms with E-state index < -0.39 is 5.91 Å². The van der Waals surface area contributed by atoms with Gasteiger partial charge in [-0.2, -0.15) is 0 Å². The van der Waals surface area contributed by atoms with Gasteiger partial charge in [-0.25, -0.2) is 0 Å². The van der Waals surface area contributed by atoms with Gasteiger partial charge in [-0.15, -0.1) is 0 Å². The normalized spacial score (nSPS) is 11.9. The Morgan fingerprint density at radius 1 is 1.15 bits per heavy atom. The first-order valence-corrected chi connectivity index (χ1v) is 6.85. The van der Waals surface area contributed by atoms with Crippen molar-refractivity contribution in [2.45, 2.75) is 13.0 Å². The van der Waals surface area contributed by atoms with Gasteiger partial charge >= 0.3 is 0 Å². The van der Waals surface area contributed by atoms with Gasteiger partial charge in [0, 0.05) is 4.47 Å². The van der Waals surface area contributed by atoms with E-state index in [2.05, 4.69) is 21.2 Å². The Balaban J connectivity index is 2.15. The second kappa shape index (κ2) is 5.96. The smallest absolute Gasteiger partial charge is 0.255 e. The first kappa shape index (κ1) is 14.4. The lowest BCUT2D eigenvalue weighted by atomic mass is 10.1. The summed E-state index contributed by atoms with van der Waals surface area (Å²) < 4.78 is 0.963. The van der Waals surface area contributed by atoms with Crippen molar-refractivity contribution in [2.75, 3.05) is 0 Å². The molecule has 0 bridgehead atoms. The molecule has 1 amide bonds. The van der Waals surface area contributed by atoms with Gasteiger partial charge < -0.3 is 15.5 Å². The van der Waals surface area contributed by atoms with E-state index in [0.29, 0.717) is 0 Å². The van der Waals surface area contributed by atoms with Crippen molar-refractivity contribution in [3.8, 4) is 11.5 Å². The number of carbonyl (C=O) groups is 1. The van der Waals surface area contributed by atoms with Crippen LogP contribution in [0.2, 0.25) is 0 Å². The predicted molar refractivity (Wildman–Crippen MR) is 79.8 cm³/mol. The fraction of sp³-hybridized carbons (Fsp3) is 0.133. The maximum absolute atomic E-state index is 12.1. The zero-order valence-corrected chi connectivity index (χ0v) is 12.4. The number of halogens is 1. The molecule has 1 atom stereocenters. The quantitative estimate of drug-likeness (QED) is 0.753. The molecule has 1 unspecified atom stereocenters. The zero-order valence-electron chi connectivity index (χ0n) is 10.8. The van der Waals surface area contributed by atoms with Crippen LogP contribution in [0.3, 0.4) is 0 Å². The summed E-state index contributed by atoms with van der Waals surface area (Å²) in [6.45, 7) is 1.85. The van der Waals surface area contributed by atoms with Gasteiger partial charge in [-0.1, -0.05) is 28.1 Å². The highest BCUT2D eigenvalue weighted by Gasteiger charge is 2.15. The molecule has 2 aromatic carbocycles. The summed E-state index contributed by atoms with van der Waals surface area (Å²) in [6.07, 6.45) is 0. The minimum atomic E-state index is -0.436. The molecule has 0 aliphatic rings. The monoisotopic (exact) mass is 335 g/mol. The number of hydrogen-bond donors (Lipinski definition) is 3. The summed E-state index contributed by atoms with van der Waals surface area (Å²) in [7, 11) is 0. The third-order valence-corrected chi connectivity index (χ3v) is 3.47. The Kier molecular flexibility index (Phi) is 4.29. The van der Waals surface area contributed by atoms with Crippen LogP contribution >= 0.6 is 15.9 Å². The number of benzene rings is 2. The van der Waals surface area contributed by atoms with Gasteiger partial charge in [0.1, 0.15) is 11.5 Å². The number of amides is 1. The van der Waals surface area contributed by atoms with E-state index in [1.807, 2.05) is 31.2 Å². The van der Waals surface area contributed by atoms with E-state index in [0.717, 1.165) is 10.0 Å². The van der Waals surface area contributed by atoms with Crippen molar-refractivity contribution in [3.05, 3.63) is 58.1 Å². The van der Waals surface area contributed by atoms with Crippen molar-refractivity contribution < 1.29 is 15.0 Å². The molecule has 0 radical (unpaired) electrons. The molecule has 3 N–H and O–H groups in total.